The van der Waals surface area contributed by atoms with E-state index in [0.717, 1.165) is 12.8 Å². The first-order chi connectivity index (χ1) is 12.3. The van der Waals surface area contributed by atoms with Gasteiger partial charge in [0, 0.05) is 17.5 Å². The van der Waals surface area contributed by atoms with Gasteiger partial charge in [0.1, 0.15) is 0 Å². The second kappa shape index (κ2) is 8.62. The summed E-state index contributed by atoms with van der Waals surface area (Å²) in [6.45, 7) is 4.44. The molecule has 0 unspecified atom stereocenters. The van der Waals surface area contributed by atoms with E-state index in [-0.39, 0.29) is 0 Å². The van der Waals surface area contributed by atoms with Gasteiger partial charge < -0.3 is 0 Å². The number of hydrogen-bond acceptors (Lipinski definition) is 1. The third-order valence-corrected chi connectivity index (χ3v) is 4.66. The second-order valence-electron chi connectivity index (χ2n) is 6.67. The van der Waals surface area contributed by atoms with Crippen molar-refractivity contribution < 1.29 is 0 Å². The molecule has 0 aliphatic heterocycles. The average Bonchev–Trinajstić information content (AvgIpc) is 2.68. The van der Waals surface area contributed by atoms with E-state index in [1.165, 1.54) is 52.8 Å². The van der Waals surface area contributed by atoms with Crippen LogP contribution in [-0.2, 0) is 12.8 Å². The van der Waals surface area contributed by atoms with Gasteiger partial charge in [0.05, 0.1) is 0 Å². The molecule has 2 aromatic carbocycles. The van der Waals surface area contributed by atoms with Gasteiger partial charge in [0.15, 0.2) is 0 Å². The zero-order chi connectivity index (χ0) is 17.5. The number of aromatic nitrogens is 1. The Labute approximate surface area is 151 Å². The lowest BCUT2D eigenvalue weighted by atomic mass is 9.99. The Morgan fingerprint density at radius 1 is 0.600 bits per heavy atom. The fourth-order valence-electron chi connectivity index (χ4n) is 3.11. The number of rotatable bonds is 7. The standard InChI is InChI=1S/C24H27N/c1-3-5-7-24-17-16-23(18-25-24)22-14-12-21(13-15-22)20-10-8-19(6-4-2)9-11-20/h8-18H,3-7H2,1-2H3. The molecule has 0 aliphatic carbocycles. The van der Waals surface area contributed by atoms with Crippen molar-refractivity contribution in [3.8, 4) is 22.3 Å². The van der Waals surface area contributed by atoms with Gasteiger partial charge in [0.2, 0.25) is 0 Å². The minimum atomic E-state index is 1.07. The molecule has 1 nitrogen and oxygen atoms in total. The summed E-state index contributed by atoms with van der Waals surface area (Å²) in [5.41, 5.74) is 7.55. The van der Waals surface area contributed by atoms with Crippen molar-refractivity contribution in [1.29, 1.82) is 0 Å². The molecule has 3 aromatic rings. The van der Waals surface area contributed by atoms with Crippen LogP contribution in [-0.4, -0.2) is 4.98 Å². The van der Waals surface area contributed by atoms with E-state index in [9.17, 15) is 0 Å². The number of aryl methyl sites for hydroxylation is 2. The summed E-state index contributed by atoms with van der Waals surface area (Å²) >= 11 is 0. The highest BCUT2D eigenvalue weighted by Crippen LogP contribution is 2.25. The van der Waals surface area contributed by atoms with Crippen LogP contribution in [0.4, 0.5) is 0 Å². The first kappa shape index (κ1) is 17.4. The average molecular weight is 329 g/mol. The first-order valence-electron chi connectivity index (χ1n) is 9.45. The van der Waals surface area contributed by atoms with E-state index in [1.807, 2.05) is 6.20 Å². The normalized spacial score (nSPS) is 10.8. The zero-order valence-electron chi connectivity index (χ0n) is 15.3. The molecule has 0 aliphatic rings. The summed E-state index contributed by atoms with van der Waals surface area (Å²) < 4.78 is 0. The molecule has 128 valence electrons. The maximum Gasteiger partial charge on any atom is 0.0404 e. The van der Waals surface area contributed by atoms with Gasteiger partial charge >= 0.3 is 0 Å². The van der Waals surface area contributed by atoms with Crippen molar-refractivity contribution in [1.82, 2.24) is 4.98 Å². The summed E-state index contributed by atoms with van der Waals surface area (Å²) in [4.78, 5) is 4.60. The molecular weight excluding hydrogens is 302 g/mol. The van der Waals surface area contributed by atoms with Crippen molar-refractivity contribution >= 4 is 0 Å². The molecule has 0 spiro atoms. The lowest BCUT2D eigenvalue weighted by molar-refractivity contribution is 0.777. The lowest BCUT2D eigenvalue weighted by Crippen LogP contribution is -1.90. The topological polar surface area (TPSA) is 12.9 Å². The van der Waals surface area contributed by atoms with Crippen LogP contribution in [0.15, 0.2) is 66.9 Å². The number of hydrogen-bond donors (Lipinski definition) is 0. The SMILES string of the molecule is CCCCc1ccc(-c2ccc(-c3ccc(CCC)cc3)cc2)cn1. The van der Waals surface area contributed by atoms with Crippen molar-refractivity contribution in [2.24, 2.45) is 0 Å². The van der Waals surface area contributed by atoms with E-state index < -0.39 is 0 Å². The Bertz CT molecular complexity index is 768. The minimum Gasteiger partial charge on any atom is -0.261 e. The largest absolute Gasteiger partial charge is 0.261 e. The Hall–Kier alpha value is -2.41. The van der Waals surface area contributed by atoms with E-state index in [2.05, 4.69) is 79.5 Å². The fourth-order valence-corrected chi connectivity index (χ4v) is 3.11. The van der Waals surface area contributed by atoms with Gasteiger partial charge in [-0.2, -0.15) is 0 Å². The summed E-state index contributed by atoms with van der Waals surface area (Å²) in [6.07, 6.45) is 7.84. The van der Waals surface area contributed by atoms with Gasteiger partial charge in [-0.15, -0.1) is 0 Å². The Balaban J connectivity index is 1.73. The molecule has 0 atom stereocenters. The predicted octanol–water partition coefficient (Wildman–Crippen LogP) is 6.71. The highest BCUT2D eigenvalue weighted by atomic mass is 14.7. The van der Waals surface area contributed by atoms with Crippen LogP contribution >= 0.6 is 0 Å². The number of unbranched alkanes of at least 4 members (excludes halogenated alkanes) is 1. The molecule has 1 heterocycles. The van der Waals surface area contributed by atoms with E-state index >= 15 is 0 Å². The second-order valence-corrected chi connectivity index (χ2v) is 6.67. The number of pyridine rings is 1. The summed E-state index contributed by atoms with van der Waals surface area (Å²) in [5, 5.41) is 0. The minimum absolute atomic E-state index is 1.07. The molecule has 25 heavy (non-hydrogen) atoms. The van der Waals surface area contributed by atoms with Crippen molar-refractivity contribution in [3.63, 3.8) is 0 Å². The van der Waals surface area contributed by atoms with Crippen LogP contribution in [0.3, 0.4) is 0 Å². The third-order valence-electron chi connectivity index (χ3n) is 4.66. The van der Waals surface area contributed by atoms with Gasteiger partial charge in [-0.05, 0) is 47.6 Å². The molecule has 0 fully saturated rings. The van der Waals surface area contributed by atoms with Crippen LogP contribution < -0.4 is 0 Å². The highest BCUT2D eigenvalue weighted by Gasteiger charge is 2.02. The maximum absolute atomic E-state index is 4.60. The summed E-state index contributed by atoms with van der Waals surface area (Å²) in [7, 11) is 0. The highest BCUT2D eigenvalue weighted by molar-refractivity contribution is 5.70. The van der Waals surface area contributed by atoms with Crippen molar-refractivity contribution in [2.45, 2.75) is 46.0 Å². The molecule has 0 saturated carbocycles. The molecule has 1 heteroatoms. The summed E-state index contributed by atoms with van der Waals surface area (Å²) in [6, 6.07) is 22.1. The van der Waals surface area contributed by atoms with Crippen molar-refractivity contribution in [3.05, 3.63) is 78.1 Å². The van der Waals surface area contributed by atoms with Gasteiger partial charge in [-0.1, -0.05) is 81.3 Å². The summed E-state index contributed by atoms with van der Waals surface area (Å²) in [5.74, 6) is 0. The molecule has 0 saturated heterocycles. The van der Waals surface area contributed by atoms with Gasteiger partial charge in [0.25, 0.3) is 0 Å². The van der Waals surface area contributed by atoms with Crippen LogP contribution in [0, 0.1) is 0 Å². The maximum atomic E-state index is 4.60. The first-order valence-corrected chi connectivity index (χ1v) is 9.45. The van der Waals surface area contributed by atoms with E-state index in [4.69, 9.17) is 0 Å². The van der Waals surface area contributed by atoms with Crippen LogP contribution in [0.2, 0.25) is 0 Å². The molecule has 0 amide bonds. The van der Waals surface area contributed by atoms with Crippen LogP contribution in [0.1, 0.15) is 44.4 Å². The molecule has 0 N–H and O–H groups in total. The smallest absolute Gasteiger partial charge is 0.0404 e. The van der Waals surface area contributed by atoms with E-state index in [1.54, 1.807) is 0 Å². The molecular formula is C24H27N. The lowest BCUT2D eigenvalue weighted by Gasteiger charge is -2.07. The van der Waals surface area contributed by atoms with Gasteiger partial charge in [-0.25, -0.2) is 0 Å². The Morgan fingerprint density at radius 2 is 1.16 bits per heavy atom. The van der Waals surface area contributed by atoms with E-state index in [0.29, 0.717) is 0 Å². The Kier molecular flexibility index (Phi) is 6.00. The van der Waals surface area contributed by atoms with Crippen LogP contribution in [0.5, 0.6) is 0 Å². The molecule has 0 radical (unpaired) electrons. The van der Waals surface area contributed by atoms with Crippen LogP contribution in [0.25, 0.3) is 22.3 Å². The molecule has 3 rings (SSSR count). The predicted molar refractivity (Wildman–Crippen MR) is 108 cm³/mol. The number of nitrogens with zero attached hydrogens (tertiary/aromatic N) is 1. The third kappa shape index (κ3) is 4.57. The zero-order valence-corrected chi connectivity index (χ0v) is 15.3. The van der Waals surface area contributed by atoms with Gasteiger partial charge in [-0.3, -0.25) is 4.98 Å². The molecule has 1 aromatic heterocycles. The quantitative estimate of drug-likeness (QED) is 0.469. The number of benzene rings is 2. The molecule has 0 bridgehead atoms. The van der Waals surface area contributed by atoms with Crippen molar-refractivity contribution in [2.75, 3.05) is 0 Å². The Morgan fingerprint density at radius 3 is 1.68 bits per heavy atom. The monoisotopic (exact) mass is 329 g/mol. The fraction of sp³-hybridized carbons (Fsp3) is 0.292.